The molecule has 2 aromatic rings. The lowest BCUT2D eigenvalue weighted by atomic mass is 9.79. The number of rotatable bonds is 8. The predicted molar refractivity (Wildman–Crippen MR) is 176 cm³/mol. The van der Waals surface area contributed by atoms with Crippen molar-refractivity contribution in [2.24, 2.45) is 5.92 Å². The van der Waals surface area contributed by atoms with Crippen molar-refractivity contribution in [1.82, 2.24) is 5.32 Å². The molecule has 0 radical (unpaired) electrons. The monoisotopic (exact) mass is 581 g/mol. The van der Waals surface area contributed by atoms with Crippen molar-refractivity contribution in [1.29, 1.82) is 0 Å². The molecule has 1 fully saturated rings. The van der Waals surface area contributed by atoms with E-state index in [0.29, 0.717) is 18.9 Å². The Bertz CT molecular complexity index is 962. The number of hydrogen-bond donors (Lipinski definition) is 3. The first kappa shape index (κ1) is 38.5. The second kappa shape index (κ2) is 20.4. The Balaban J connectivity index is 0.000000617. The molecule has 0 bridgehead atoms. The highest BCUT2D eigenvalue weighted by atomic mass is 28.4. The second-order valence-corrected chi connectivity index (χ2v) is 16.8. The Labute approximate surface area is 251 Å². The van der Waals surface area contributed by atoms with Crippen LogP contribution in [0.15, 0.2) is 72.8 Å². The van der Waals surface area contributed by atoms with E-state index in [4.69, 9.17) is 16.0 Å². The Morgan fingerprint density at radius 3 is 1.85 bits per heavy atom. The van der Waals surface area contributed by atoms with E-state index in [2.05, 4.69) is 45.1 Å². The van der Waals surface area contributed by atoms with E-state index >= 15 is 0 Å². The fourth-order valence-electron chi connectivity index (χ4n) is 3.73. The van der Waals surface area contributed by atoms with Gasteiger partial charge in [0.1, 0.15) is 11.9 Å². The van der Waals surface area contributed by atoms with E-state index in [9.17, 15) is 9.90 Å². The van der Waals surface area contributed by atoms with E-state index in [-0.39, 0.29) is 17.7 Å². The zero-order valence-corrected chi connectivity index (χ0v) is 27.7. The molecule has 0 unspecified atom stereocenters. The first-order valence-electron chi connectivity index (χ1n) is 14.6. The molecular formula is C35H55NO4Si. The van der Waals surface area contributed by atoms with E-state index in [0.717, 1.165) is 36.8 Å². The van der Waals surface area contributed by atoms with Crippen LogP contribution in [0.1, 0.15) is 71.9 Å². The van der Waals surface area contributed by atoms with Gasteiger partial charge in [0.25, 0.3) is 0 Å². The number of allylic oxidation sites excluding steroid dienone is 1. The van der Waals surface area contributed by atoms with Crippen molar-refractivity contribution >= 4 is 14.6 Å². The first-order valence-corrected chi connectivity index (χ1v) is 17.5. The first-order chi connectivity index (χ1) is 19.3. The molecule has 0 aromatic heterocycles. The topological polar surface area (TPSA) is 78.8 Å². The molecule has 3 rings (SSSR count). The largest absolute Gasteiger partial charge is 0.406 e. The summed E-state index contributed by atoms with van der Waals surface area (Å²) in [5, 5.41) is 23.1. The molecule has 1 aliphatic heterocycles. The number of terminal acetylenes is 1. The van der Waals surface area contributed by atoms with Gasteiger partial charge in [-0.15, -0.1) is 6.42 Å². The van der Waals surface area contributed by atoms with Gasteiger partial charge in [0.15, 0.2) is 8.32 Å². The van der Waals surface area contributed by atoms with Gasteiger partial charge < -0.3 is 24.8 Å². The molecule has 0 amide bonds. The molecule has 0 aliphatic carbocycles. The number of aliphatic hydroxyl groups excluding tert-OH is 1. The van der Waals surface area contributed by atoms with Crippen LogP contribution in [0, 0.1) is 18.3 Å². The minimum absolute atomic E-state index is 0.0808. The van der Waals surface area contributed by atoms with Crippen molar-refractivity contribution in [3.8, 4) is 12.3 Å². The molecule has 1 heterocycles. The van der Waals surface area contributed by atoms with E-state index in [1.807, 2.05) is 81.4 Å². The molecule has 1 aliphatic rings. The standard InChI is InChI=1S/C17H19NO.C9H18OSi.C5H10O.C4H8O/c19-17(16-12-7-13-18-16,14-8-3-1-4-9-14)15-10-5-2-6-11-15;1-7-8-10-11(5,6)9(2,3)4;1-5(2)3-4-6;1-2-3-4-5/h1-6,8-11,16,18-19H,7,12-13H2;1H,8H2,2-6H3;4-5H,3H2,1-2H3;2-3,5H,4H2,1H3/b;;;3-2+/t16-;;;/m0.../s1. The smallest absolute Gasteiger partial charge is 0.193 e. The summed E-state index contributed by atoms with van der Waals surface area (Å²) in [7, 11) is -1.57. The summed E-state index contributed by atoms with van der Waals surface area (Å²) in [6.45, 7) is 18.5. The number of benzene rings is 2. The summed E-state index contributed by atoms with van der Waals surface area (Å²) in [5.74, 6) is 3.04. The van der Waals surface area contributed by atoms with Crippen LogP contribution < -0.4 is 5.32 Å². The van der Waals surface area contributed by atoms with Crippen LogP contribution >= 0.6 is 0 Å². The van der Waals surface area contributed by atoms with E-state index in [1.54, 1.807) is 12.2 Å². The molecule has 3 N–H and O–H groups in total. The number of aliphatic hydroxyl groups is 2. The van der Waals surface area contributed by atoms with Crippen molar-refractivity contribution in [3.05, 3.63) is 83.9 Å². The summed E-state index contributed by atoms with van der Waals surface area (Å²) in [4.78, 5) is 9.62. The van der Waals surface area contributed by atoms with Crippen LogP contribution in [-0.4, -0.2) is 50.6 Å². The normalized spacial score (nSPS) is 15.0. The second-order valence-electron chi connectivity index (χ2n) is 11.9. The van der Waals surface area contributed by atoms with Crippen LogP contribution in [0.4, 0.5) is 0 Å². The van der Waals surface area contributed by atoms with Crippen LogP contribution in [0.2, 0.25) is 18.1 Å². The summed E-state index contributed by atoms with van der Waals surface area (Å²) in [5.41, 5.74) is 0.972. The van der Waals surface area contributed by atoms with Crippen molar-refractivity contribution in [2.75, 3.05) is 19.8 Å². The van der Waals surface area contributed by atoms with Crippen molar-refractivity contribution in [2.45, 2.75) is 90.6 Å². The van der Waals surface area contributed by atoms with Gasteiger partial charge in [-0.05, 0) is 61.5 Å². The van der Waals surface area contributed by atoms with Crippen molar-refractivity contribution in [3.63, 3.8) is 0 Å². The fourth-order valence-corrected chi connectivity index (χ4v) is 4.61. The maximum atomic E-state index is 11.4. The van der Waals surface area contributed by atoms with Gasteiger partial charge in [0, 0.05) is 12.5 Å². The van der Waals surface area contributed by atoms with Crippen molar-refractivity contribution < 1.29 is 19.4 Å². The van der Waals surface area contributed by atoms with Crippen LogP contribution in [0.5, 0.6) is 0 Å². The van der Waals surface area contributed by atoms with Gasteiger partial charge in [0.2, 0.25) is 0 Å². The van der Waals surface area contributed by atoms with Gasteiger partial charge in [0.05, 0.1) is 13.2 Å². The lowest BCUT2D eigenvalue weighted by molar-refractivity contribution is -0.108. The van der Waals surface area contributed by atoms with Gasteiger partial charge in [-0.1, -0.05) is 113 Å². The molecule has 1 saturated heterocycles. The lowest BCUT2D eigenvalue weighted by Crippen LogP contribution is -2.46. The highest BCUT2D eigenvalue weighted by Crippen LogP contribution is 2.37. The molecule has 2 aromatic carbocycles. The number of nitrogens with one attached hydrogen (secondary N) is 1. The Morgan fingerprint density at radius 2 is 1.59 bits per heavy atom. The van der Waals surface area contributed by atoms with Crippen LogP contribution in [0.3, 0.4) is 0 Å². The molecule has 228 valence electrons. The van der Waals surface area contributed by atoms with E-state index in [1.165, 1.54) is 0 Å². The van der Waals surface area contributed by atoms with Crippen LogP contribution in [-0.2, 0) is 14.8 Å². The molecular weight excluding hydrogens is 526 g/mol. The molecule has 6 heteroatoms. The van der Waals surface area contributed by atoms with Gasteiger partial charge in [-0.3, -0.25) is 0 Å². The minimum atomic E-state index is -1.57. The Hall–Kier alpha value is -2.53. The molecule has 0 spiro atoms. The van der Waals surface area contributed by atoms with Gasteiger partial charge in [-0.2, -0.15) is 0 Å². The highest BCUT2D eigenvalue weighted by Gasteiger charge is 2.41. The summed E-state index contributed by atoms with van der Waals surface area (Å²) >= 11 is 0. The zero-order chi connectivity index (χ0) is 31.4. The van der Waals surface area contributed by atoms with E-state index < -0.39 is 13.9 Å². The molecule has 1 atom stereocenters. The maximum Gasteiger partial charge on any atom is 0.193 e. The number of carbonyl (C=O) groups excluding carboxylic acids is 1. The third-order valence-corrected chi connectivity index (χ3v) is 11.7. The summed E-state index contributed by atoms with van der Waals surface area (Å²) in [6, 6.07) is 20.0. The Kier molecular flexibility index (Phi) is 19.1. The number of aldehydes is 1. The van der Waals surface area contributed by atoms with Gasteiger partial charge in [-0.25, -0.2) is 0 Å². The third-order valence-electron chi connectivity index (χ3n) is 7.22. The average Bonchev–Trinajstić information content (AvgIpc) is 3.49. The quantitative estimate of drug-likeness (QED) is 0.134. The van der Waals surface area contributed by atoms with Gasteiger partial charge >= 0.3 is 0 Å². The predicted octanol–water partition coefficient (Wildman–Crippen LogP) is 7.10. The fraction of sp³-hybridized carbons (Fsp3) is 0.514. The van der Waals surface area contributed by atoms with Crippen LogP contribution in [0.25, 0.3) is 0 Å². The average molecular weight is 582 g/mol. The molecule has 41 heavy (non-hydrogen) atoms. The molecule has 0 saturated carbocycles. The summed E-state index contributed by atoms with van der Waals surface area (Å²) < 4.78 is 5.65. The third kappa shape index (κ3) is 14.3. The lowest BCUT2D eigenvalue weighted by Gasteiger charge is -2.35. The maximum absolute atomic E-state index is 11.4. The zero-order valence-electron chi connectivity index (χ0n) is 26.7. The number of hydrogen-bond acceptors (Lipinski definition) is 5. The Morgan fingerprint density at radius 1 is 1.07 bits per heavy atom. The SMILES string of the molecule is C#CCO[Si](C)(C)C(C)(C)C.C/C=C/CO.CC(C)CC=O.OC(c1ccccc1)(c1ccccc1)[C@@H]1CCCN1. The minimum Gasteiger partial charge on any atom is -0.406 e. The summed E-state index contributed by atoms with van der Waals surface area (Å²) in [6.07, 6.45) is 12.4. The number of carbonyl (C=O) groups is 1. The highest BCUT2D eigenvalue weighted by molar-refractivity contribution is 6.74. The molecule has 5 nitrogen and oxygen atoms in total.